The number of hydrogen-bond acceptors (Lipinski definition) is 4. The minimum Gasteiger partial charge on any atom is -0.444 e. The summed E-state index contributed by atoms with van der Waals surface area (Å²) in [4.78, 5) is 22.2. The zero-order valence-corrected chi connectivity index (χ0v) is 15.9. The van der Waals surface area contributed by atoms with E-state index in [0.717, 1.165) is 12.1 Å². The average Bonchev–Trinajstić information content (AvgIpc) is 2.47. The molecule has 7 nitrogen and oxygen atoms in total. The number of rotatable bonds is 4. The summed E-state index contributed by atoms with van der Waals surface area (Å²) in [6.45, 7) is 10.1. The molecule has 0 atom stereocenters. The van der Waals surface area contributed by atoms with Crippen LogP contribution in [-0.2, 0) is 11.3 Å². The quantitative estimate of drug-likeness (QED) is 0.485. The molecule has 8 heteroatoms. The smallest absolute Gasteiger partial charge is 0.410 e. The lowest BCUT2D eigenvalue weighted by molar-refractivity contribution is 0.00701. The van der Waals surface area contributed by atoms with E-state index in [-0.39, 0.29) is 12.1 Å². The van der Waals surface area contributed by atoms with Gasteiger partial charge >= 0.3 is 6.09 Å². The van der Waals surface area contributed by atoms with E-state index in [1.807, 2.05) is 33.8 Å². The third kappa shape index (κ3) is 6.42. The number of guanidine groups is 1. The molecule has 2 rings (SSSR count). The highest BCUT2D eigenvalue weighted by Gasteiger charge is 2.34. The molecule has 1 amide bonds. The zero-order chi connectivity index (χ0) is 18.4. The Bertz CT molecular complexity index is 606. The van der Waals surface area contributed by atoms with Crippen LogP contribution in [0, 0.1) is 0 Å². The Balaban J connectivity index is 1.83. The number of nitrogens with zero attached hydrogens (tertiary/aromatic N) is 3. The molecule has 0 bridgehead atoms. The highest BCUT2D eigenvalue weighted by atomic mass is 35.5. The molecule has 2 heterocycles. The second kappa shape index (κ2) is 8.38. The number of ether oxygens (including phenoxy) is 1. The molecule has 0 aliphatic carbocycles. The number of amides is 1. The van der Waals surface area contributed by atoms with Gasteiger partial charge in [0, 0.05) is 25.8 Å². The van der Waals surface area contributed by atoms with Crippen molar-refractivity contribution in [1.29, 1.82) is 0 Å². The largest absolute Gasteiger partial charge is 0.444 e. The SMILES string of the molecule is CCNC(=NCc1ccc(Cl)nc1)NC1CN(C(=O)OC(C)(C)C)C1. The molecule has 0 aromatic carbocycles. The van der Waals surface area contributed by atoms with Gasteiger partial charge in [0.05, 0.1) is 12.6 Å². The van der Waals surface area contributed by atoms with Crippen LogP contribution in [0.3, 0.4) is 0 Å². The van der Waals surface area contributed by atoms with Crippen LogP contribution in [0.4, 0.5) is 4.79 Å². The maximum absolute atomic E-state index is 11.9. The lowest BCUT2D eigenvalue weighted by Gasteiger charge is -2.40. The number of aromatic nitrogens is 1. The Hall–Kier alpha value is -2.02. The molecule has 0 radical (unpaired) electrons. The van der Waals surface area contributed by atoms with E-state index in [4.69, 9.17) is 16.3 Å². The van der Waals surface area contributed by atoms with Crippen LogP contribution in [-0.4, -0.2) is 53.2 Å². The highest BCUT2D eigenvalue weighted by molar-refractivity contribution is 6.29. The van der Waals surface area contributed by atoms with Crippen molar-refractivity contribution in [2.45, 2.75) is 45.9 Å². The predicted octanol–water partition coefficient (Wildman–Crippen LogP) is 2.41. The van der Waals surface area contributed by atoms with Gasteiger partial charge in [-0.3, -0.25) is 0 Å². The van der Waals surface area contributed by atoms with Crippen LogP contribution >= 0.6 is 11.6 Å². The lowest BCUT2D eigenvalue weighted by atomic mass is 10.1. The molecule has 0 saturated carbocycles. The van der Waals surface area contributed by atoms with Crippen molar-refractivity contribution < 1.29 is 9.53 Å². The first-order chi connectivity index (χ1) is 11.8. The van der Waals surface area contributed by atoms with Crippen molar-refractivity contribution in [2.24, 2.45) is 4.99 Å². The Morgan fingerprint density at radius 2 is 2.16 bits per heavy atom. The van der Waals surface area contributed by atoms with Gasteiger partial charge in [0.25, 0.3) is 0 Å². The van der Waals surface area contributed by atoms with Crippen LogP contribution in [0.5, 0.6) is 0 Å². The van der Waals surface area contributed by atoms with Crippen LogP contribution in [0.1, 0.15) is 33.3 Å². The number of pyridine rings is 1. The van der Waals surface area contributed by atoms with E-state index in [1.54, 1.807) is 17.2 Å². The molecular formula is C17H26ClN5O2. The summed E-state index contributed by atoms with van der Waals surface area (Å²) in [6, 6.07) is 3.81. The monoisotopic (exact) mass is 367 g/mol. The van der Waals surface area contributed by atoms with Gasteiger partial charge in [-0.05, 0) is 39.3 Å². The van der Waals surface area contributed by atoms with Crippen LogP contribution < -0.4 is 10.6 Å². The van der Waals surface area contributed by atoms with E-state index in [1.165, 1.54) is 0 Å². The minimum atomic E-state index is -0.474. The van der Waals surface area contributed by atoms with Crippen LogP contribution in [0.25, 0.3) is 0 Å². The molecule has 0 spiro atoms. The molecule has 0 unspecified atom stereocenters. The van der Waals surface area contributed by atoms with Crippen molar-refractivity contribution >= 4 is 23.7 Å². The van der Waals surface area contributed by atoms with Gasteiger partial charge in [0.2, 0.25) is 0 Å². The van der Waals surface area contributed by atoms with Gasteiger partial charge in [-0.25, -0.2) is 14.8 Å². The van der Waals surface area contributed by atoms with Gasteiger partial charge in [-0.1, -0.05) is 17.7 Å². The summed E-state index contributed by atoms with van der Waals surface area (Å²) in [6.07, 6.45) is 1.43. The first-order valence-corrected chi connectivity index (χ1v) is 8.78. The number of hydrogen-bond donors (Lipinski definition) is 2. The predicted molar refractivity (Wildman–Crippen MR) is 98.8 cm³/mol. The molecule has 1 aromatic rings. The molecule has 1 fully saturated rings. The Morgan fingerprint density at radius 1 is 1.44 bits per heavy atom. The minimum absolute atomic E-state index is 0.161. The summed E-state index contributed by atoms with van der Waals surface area (Å²) in [7, 11) is 0. The molecule has 1 aliphatic heterocycles. The fourth-order valence-corrected chi connectivity index (χ4v) is 2.34. The van der Waals surface area contributed by atoms with Gasteiger partial charge in [-0.2, -0.15) is 0 Å². The standard InChI is InChI=1S/C17H26ClN5O2/c1-5-19-15(21-9-12-6-7-14(18)20-8-12)22-13-10-23(11-13)16(24)25-17(2,3)4/h6-8,13H,5,9-11H2,1-4H3,(H2,19,21,22). The van der Waals surface area contributed by atoms with Crippen molar-refractivity contribution in [3.8, 4) is 0 Å². The van der Waals surface area contributed by atoms with Gasteiger partial charge in [0.15, 0.2) is 5.96 Å². The fraction of sp³-hybridized carbons (Fsp3) is 0.588. The number of halogens is 1. The fourth-order valence-electron chi connectivity index (χ4n) is 2.23. The Morgan fingerprint density at radius 3 is 2.72 bits per heavy atom. The normalized spacial score (nSPS) is 15.6. The zero-order valence-electron chi connectivity index (χ0n) is 15.2. The maximum Gasteiger partial charge on any atom is 0.410 e. The third-order valence-corrected chi connectivity index (χ3v) is 3.65. The number of carbonyl (C=O) groups is 1. The van der Waals surface area contributed by atoms with Crippen LogP contribution in [0.2, 0.25) is 5.15 Å². The number of nitrogens with one attached hydrogen (secondary N) is 2. The number of carbonyl (C=O) groups excluding carboxylic acids is 1. The van der Waals surface area contributed by atoms with Gasteiger partial charge in [0.1, 0.15) is 10.8 Å². The second-order valence-electron chi connectivity index (χ2n) is 6.91. The summed E-state index contributed by atoms with van der Waals surface area (Å²) >= 11 is 5.78. The summed E-state index contributed by atoms with van der Waals surface area (Å²) < 4.78 is 5.35. The Labute approximate surface area is 153 Å². The van der Waals surface area contributed by atoms with Gasteiger partial charge < -0.3 is 20.3 Å². The summed E-state index contributed by atoms with van der Waals surface area (Å²) in [5.41, 5.74) is 0.504. The highest BCUT2D eigenvalue weighted by Crippen LogP contribution is 2.15. The van der Waals surface area contributed by atoms with E-state index >= 15 is 0 Å². The van der Waals surface area contributed by atoms with E-state index < -0.39 is 5.60 Å². The average molecular weight is 368 g/mol. The summed E-state index contributed by atoms with van der Waals surface area (Å²) in [5, 5.41) is 7.00. The maximum atomic E-state index is 11.9. The van der Waals surface area contributed by atoms with Crippen molar-refractivity contribution in [3.63, 3.8) is 0 Å². The van der Waals surface area contributed by atoms with E-state index in [9.17, 15) is 4.79 Å². The van der Waals surface area contributed by atoms with E-state index in [0.29, 0.717) is 30.7 Å². The van der Waals surface area contributed by atoms with Crippen molar-refractivity contribution in [1.82, 2.24) is 20.5 Å². The molecule has 1 aromatic heterocycles. The Kier molecular flexibility index (Phi) is 6.47. The van der Waals surface area contributed by atoms with Crippen molar-refractivity contribution in [3.05, 3.63) is 29.0 Å². The molecule has 138 valence electrons. The second-order valence-corrected chi connectivity index (χ2v) is 7.30. The topological polar surface area (TPSA) is 78.9 Å². The summed E-state index contributed by atoms with van der Waals surface area (Å²) in [5.74, 6) is 0.714. The molecular weight excluding hydrogens is 342 g/mol. The molecule has 1 aliphatic rings. The lowest BCUT2D eigenvalue weighted by Crippen LogP contribution is -2.63. The first kappa shape index (κ1) is 19.3. The first-order valence-electron chi connectivity index (χ1n) is 8.40. The molecule has 1 saturated heterocycles. The third-order valence-electron chi connectivity index (χ3n) is 3.43. The number of likely N-dealkylation sites (tertiary alicyclic amines) is 1. The number of aliphatic imine (C=N–C) groups is 1. The molecule has 2 N–H and O–H groups in total. The van der Waals surface area contributed by atoms with Gasteiger partial charge in [-0.15, -0.1) is 0 Å². The van der Waals surface area contributed by atoms with Crippen molar-refractivity contribution in [2.75, 3.05) is 19.6 Å². The van der Waals surface area contributed by atoms with Crippen LogP contribution in [0.15, 0.2) is 23.3 Å². The molecule has 25 heavy (non-hydrogen) atoms. The van der Waals surface area contributed by atoms with E-state index in [2.05, 4.69) is 20.6 Å².